The number of alkyl halides is 3. The Kier molecular flexibility index (Phi) is 5.75. The maximum atomic E-state index is 11.9. The number of hydrogen-bond acceptors (Lipinski definition) is 4. The molecule has 0 atom stereocenters. The number of nitrogens with zero attached hydrogens (tertiary/aromatic N) is 1. The summed E-state index contributed by atoms with van der Waals surface area (Å²) in [5.41, 5.74) is 0.989. The van der Waals surface area contributed by atoms with E-state index in [4.69, 9.17) is 0 Å². The lowest BCUT2D eigenvalue weighted by Gasteiger charge is -2.07. The van der Waals surface area contributed by atoms with Gasteiger partial charge in [0.05, 0.1) is 18.4 Å². The van der Waals surface area contributed by atoms with Crippen LogP contribution in [-0.4, -0.2) is 30.8 Å². The van der Waals surface area contributed by atoms with Gasteiger partial charge in [-0.05, 0) is 25.1 Å². The summed E-state index contributed by atoms with van der Waals surface area (Å²) in [4.78, 5) is 15.1. The van der Waals surface area contributed by atoms with Crippen molar-refractivity contribution in [3.8, 4) is 0 Å². The number of aromatic nitrogens is 1. The molecule has 1 rings (SSSR count). The van der Waals surface area contributed by atoms with E-state index in [9.17, 15) is 18.0 Å². The maximum Gasteiger partial charge on any atom is 0.389 e. The smallest absolute Gasteiger partial charge is 0.389 e. The molecule has 19 heavy (non-hydrogen) atoms. The zero-order valence-corrected chi connectivity index (χ0v) is 10.5. The van der Waals surface area contributed by atoms with Crippen LogP contribution < -0.4 is 5.32 Å². The van der Waals surface area contributed by atoms with Gasteiger partial charge in [0.1, 0.15) is 0 Å². The summed E-state index contributed by atoms with van der Waals surface area (Å²) in [6.45, 7) is 0.624. The van der Waals surface area contributed by atoms with Gasteiger partial charge in [0.2, 0.25) is 0 Å². The summed E-state index contributed by atoms with van der Waals surface area (Å²) in [5, 5.41) is 2.86. The van der Waals surface area contributed by atoms with Gasteiger partial charge in [-0.15, -0.1) is 0 Å². The van der Waals surface area contributed by atoms with E-state index in [1.54, 1.807) is 12.1 Å². The Morgan fingerprint density at radius 1 is 1.42 bits per heavy atom. The van der Waals surface area contributed by atoms with Gasteiger partial charge < -0.3 is 10.1 Å². The van der Waals surface area contributed by atoms with Crippen molar-refractivity contribution in [1.29, 1.82) is 0 Å². The molecular weight excluding hydrogens is 261 g/mol. The molecule has 0 aliphatic carbocycles. The molecule has 0 radical (unpaired) electrons. The third kappa shape index (κ3) is 6.19. The minimum absolute atomic E-state index is 0.0315. The lowest BCUT2D eigenvalue weighted by atomic mass is 10.2. The fraction of sp³-hybridized carbons (Fsp3) is 0.500. The lowest BCUT2D eigenvalue weighted by molar-refractivity contribution is -0.135. The first kappa shape index (κ1) is 15.4. The van der Waals surface area contributed by atoms with Crippen LogP contribution in [0.25, 0.3) is 0 Å². The van der Waals surface area contributed by atoms with Crippen LogP contribution in [0.5, 0.6) is 0 Å². The van der Waals surface area contributed by atoms with E-state index < -0.39 is 18.6 Å². The van der Waals surface area contributed by atoms with Crippen molar-refractivity contribution in [2.45, 2.75) is 25.6 Å². The first-order valence-electron chi connectivity index (χ1n) is 5.73. The molecule has 0 aliphatic heterocycles. The first-order valence-corrected chi connectivity index (χ1v) is 5.73. The monoisotopic (exact) mass is 276 g/mol. The van der Waals surface area contributed by atoms with Crippen LogP contribution in [0.3, 0.4) is 0 Å². The van der Waals surface area contributed by atoms with Crippen LogP contribution >= 0.6 is 0 Å². The zero-order chi connectivity index (χ0) is 14.3. The van der Waals surface area contributed by atoms with Crippen molar-refractivity contribution in [2.75, 3.05) is 13.7 Å². The predicted octanol–water partition coefficient (Wildman–Crippen LogP) is 2.30. The van der Waals surface area contributed by atoms with Gasteiger partial charge in [0.25, 0.3) is 0 Å². The molecule has 1 heterocycles. The predicted molar refractivity (Wildman–Crippen MR) is 62.6 cm³/mol. The quantitative estimate of drug-likeness (QED) is 0.640. The molecule has 0 spiro atoms. The van der Waals surface area contributed by atoms with Gasteiger partial charge in [0.15, 0.2) is 0 Å². The first-order chi connectivity index (χ1) is 8.92. The van der Waals surface area contributed by atoms with Crippen LogP contribution in [0.15, 0.2) is 18.3 Å². The average Bonchev–Trinajstić information content (AvgIpc) is 2.37. The molecule has 1 aromatic heterocycles. The second-order valence-corrected chi connectivity index (χ2v) is 3.93. The number of esters is 1. The molecule has 106 valence electrons. The molecule has 0 aliphatic rings. The van der Waals surface area contributed by atoms with Crippen molar-refractivity contribution >= 4 is 5.97 Å². The molecule has 0 amide bonds. The van der Waals surface area contributed by atoms with Gasteiger partial charge in [-0.2, -0.15) is 13.2 Å². The molecular formula is C12H15F3N2O2. The number of halogens is 3. The molecule has 0 bridgehead atoms. The minimum atomic E-state index is -4.11. The van der Waals surface area contributed by atoms with Gasteiger partial charge in [-0.3, -0.25) is 4.98 Å². The summed E-state index contributed by atoms with van der Waals surface area (Å²) >= 11 is 0. The Morgan fingerprint density at radius 3 is 2.68 bits per heavy atom. The fourth-order valence-corrected chi connectivity index (χ4v) is 1.40. The minimum Gasteiger partial charge on any atom is -0.465 e. The van der Waals surface area contributed by atoms with Crippen molar-refractivity contribution in [3.05, 3.63) is 29.6 Å². The number of rotatable bonds is 6. The summed E-state index contributed by atoms with van der Waals surface area (Å²) in [6.07, 6.45) is -3.50. The van der Waals surface area contributed by atoms with E-state index in [0.717, 1.165) is 0 Å². The highest BCUT2D eigenvalue weighted by Gasteiger charge is 2.25. The highest BCUT2D eigenvalue weighted by Crippen LogP contribution is 2.20. The number of methoxy groups -OCH3 is 1. The maximum absolute atomic E-state index is 11.9. The molecule has 1 aromatic rings. The van der Waals surface area contributed by atoms with Crippen molar-refractivity contribution in [3.63, 3.8) is 0 Å². The van der Waals surface area contributed by atoms with Crippen molar-refractivity contribution < 1.29 is 22.7 Å². The second kappa shape index (κ2) is 7.08. The molecule has 0 unspecified atom stereocenters. The van der Waals surface area contributed by atoms with Gasteiger partial charge >= 0.3 is 12.1 Å². The van der Waals surface area contributed by atoms with E-state index in [2.05, 4.69) is 15.0 Å². The Hall–Kier alpha value is -1.63. The molecule has 4 nitrogen and oxygen atoms in total. The fourth-order valence-electron chi connectivity index (χ4n) is 1.40. The second-order valence-electron chi connectivity index (χ2n) is 3.93. The third-order valence-corrected chi connectivity index (χ3v) is 2.37. The molecule has 0 fully saturated rings. The number of carbonyl (C=O) groups is 1. The average molecular weight is 276 g/mol. The van der Waals surface area contributed by atoms with Crippen molar-refractivity contribution in [2.24, 2.45) is 0 Å². The van der Waals surface area contributed by atoms with Crippen LogP contribution in [0.4, 0.5) is 13.2 Å². The molecule has 1 N–H and O–H groups in total. The summed E-state index contributed by atoms with van der Waals surface area (Å²) in [5.74, 6) is -0.475. The lowest BCUT2D eigenvalue weighted by Crippen LogP contribution is -2.18. The highest BCUT2D eigenvalue weighted by atomic mass is 19.4. The van der Waals surface area contributed by atoms with E-state index >= 15 is 0 Å². The Morgan fingerprint density at radius 2 is 2.16 bits per heavy atom. The number of pyridine rings is 1. The molecule has 7 heteroatoms. The van der Waals surface area contributed by atoms with Crippen LogP contribution in [0.2, 0.25) is 0 Å². The van der Waals surface area contributed by atoms with Crippen LogP contribution in [0, 0.1) is 0 Å². The van der Waals surface area contributed by atoms with Gasteiger partial charge in [-0.25, -0.2) is 4.79 Å². The zero-order valence-electron chi connectivity index (χ0n) is 10.5. The largest absolute Gasteiger partial charge is 0.465 e. The summed E-state index contributed by atoms with van der Waals surface area (Å²) < 4.78 is 40.1. The summed E-state index contributed by atoms with van der Waals surface area (Å²) in [7, 11) is 1.28. The number of hydrogen-bond donors (Lipinski definition) is 1. The van der Waals surface area contributed by atoms with Crippen LogP contribution in [-0.2, 0) is 11.3 Å². The van der Waals surface area contributed by atoms with Crippen molar-refractivity contribution in [1.82, 2.24) is 10.3 Å². The number of carbonyl (C=O) groups excluding carboxylic acids is 1. The highest BCUT2D eigenvalue weighted by molar-refractivity contribution is 5.88. The van der Waals surface area contributed by atoms with E-state index in [1.807, 2.05) is 0 Å². The Bertz CT molecular complexity index is 404. The molecule has 0 saturated carbocycles. The standard InChI is InChI=1S/C12H15F3N2O2/c1-19-11(18)9-3-4-10(17-7-9)8-16-6-2-5-12(13,14)15/h3-4,7,16H,2,5-6,8H2,1H3. The topological polar surface area (TPSA) is 51.2 Å². The van der Waals surface area contributed by atoms with E-state index in [0.29, 0.717) is 17.8 Å². The third-order valence-electron chi connectivity index (χ3n) is 2.37. The normalized spacial score (nSPS) is 11.4. The molecule has 0 saturated heterocycles. The number of ether oxygens (including phenoxy) is 1. The Labute approximate surface area is 109 Å². The van der Waals surface area contributed by atoms with E-state index in [1.165, 1.54) is 13.3 Å². The Balaban J connectivity index is 2.29. The molecule has 0 aromatic carbocycles. The SMILES string of the molecule is COC(=O)c1ccc(CNCCCC(F)(F)F)nc1. The summed E-state index contributed by atoms with van der Waals surface area (Å²) in [6, 6.07) is 3.19. The van der Waals surface area contributed by atoms with Crippen LogP contribution in [0.1, 0.15) is 28.9 Å². The van der Waals surface area contributed by atoms with Gasteiger partial charge in [0, 0.05) is 19.2 Å². The number of nitrogens with one attached hydrogen (secondary N) is 1. The van der Waals surface area contributed by atoms with E-state index in [-0.39, 0.29) is 13.0 Å². The van der Waals surface area contributed by atoms with Gasteiger partial charge in [-0.1, -0.05) is 0 Å².